The average molecular weight is 324 g/mol. The summed E-state index contributed by atoms with van der Waals surface area (Å²) in [5, 5.41) is 0. The number of rotatable bonds is 5. The van der Waals surface area contributed by atoms with Gasteiger partial charge in [-0.05, 0) is 30.4 Å². The van der Waals surface area contributed by atoms with E-state index in [1.807, 2.05) is 25.5 Å². The molecule has 4 nitrogen and oxygen atoms in total. The summed E-state index contributed by atoms with van der Waals surface area (Å²) in [6.45, 7) is 7.40. The molecule has 1 rings (SSSR count). The molecule has 0 fully saturated rings. The zero-order valence-corrected chi connectivity index (χ0v) is 13.2. The Morgan fingerprint density at radius 2 is 1.86 bits per heavy atom. The van der Waals surface area contributed by atoms with E-state index in [1.54, 1.807) is 12.3 Å². The number of aryl methyl sites for hydroxylation is 1. The Morgan fingerprint density at radius 3 is 2.33 bits per heavy atom. The van der Waals surface area contributed by atoms with Crippen molar-refractivity contribution in [1.29, 1.82) is 0 Å². The third kappa shape index (κ3) is 5.18. The molecule has 21 heavy (non-hydrogen) atoms. The van der Waals surface area contributed by atoms with Gasteiger partial charge in [-0.2, -0.15) is 13.2 Å². The predicted molar refractivity (Wildman–Crippen MR) is 75.8 cm³/mol. The molecule has 0 aliphatic rings. The van der Waals surface area contributed by atoms with Crippen molar-refractivity contribution in [2.24, 2.45) is 0 Å². The molecule has 0 unspecified atom stereocenters. The maximum Gasteiger partial charge on any atom is 0.404 e. The van der Waals surface area contributed by atoms with Gasteiger partial charge in [-0.15, -0.1) is 0 Å². The second-order valence-corrected chi connectivity index (χ2v) is 7.29. The van der Waals surface area contributed by atoms with Gasteiger partial charge >= 0.3 is 6.18 Å². The van der Waals surface area contributed by atoms with Crippen molar-refractivity contribution < 1.29 is 21.6 Å². The molecule has 0 spiro atoms. The Bertz CT molecular complexity index is 610. The Kier molecular flexibility index (Phi) is 4.92. The number of halogens is 3. The van der Waals surface area contributed by atoms with Gasteiger partial charge in [0.05, 0.1) is 11.4 Å². The number of aromatic nitrogens is 1. The van der Waals surface area contributed by atoms with E-state index in [4.69, 9.17) is 0 Å². The summed E-state index contributed by atoms with van der Waals surface area (Å²) in [5.74, 6) is -1.92. The summed E-state index contributed by atoms with van der Waals surface area (Å²) in [6, 6.07) is 1.54. The molecule has 0 saturated heterocycles. The first-order chi connectivity index (χ1) is 9.36. The van der Waals surface area contributed by atoms with E-state index in [2.05, 4.69) is 4.98 Å². The molecule has 1 heterocycles. The highest BCUT2D eigenvalue weighted by Gasteiger charge is 2.35. The fraction of sp³-hybridized carbons (Fsp3) is 0.615. The van der Waals surface area contributed by atoms with Crippen LogP contribution in [-0.2, 0) is 15.4 Å². The third-order valence-corrected chi connectivity index (χ3v) is 4.61. The average Bonchev–Trinajstić information content (AvgIpc) is 2.28. The summed E-state index contributed by atoms with van der Waals surface area (Å²) in [5.41, 5.74) is 0.931. The first-order valence-corrected chi connectivity index (χ1v) is 8.06. The van der Waals surface area contributed by atoms with Gasteiger partial charge in [-0.25, -0.2) is 8.42 Å². The molecule has 0 atom stereocenters. The lowest BCUT2D eigenvalue weighted by atomic mass is 9.83. The monoisotopic (exact) mass is 324 g/mol. The molecule has 0 radical (unpaired) electrons. The van der Waals surface area contributed by atoms with Crippen molar-refractivity contribution in [3.8, 4) is 0 Å². The number of sulfonamides is 1. The number of nitrogens with one attached hydrogen (secondary N) is 1. The van der Waals surface area contributed by atoms with Crippen LogP contribution in [0.1, 0.15) is 38.4 Å². The molecule has 0 aliphatic heterocycles. The Morgan fingerprint density at radius 1 is 1.29 bits per heavy atom. The van der Waals surface area contributed by atoms with Crippen LogP contribution >= 0.6 is 0 Å². The number of pyridine rings is 1. The molecule has 0 saturated carbocycles. The number of alkyl halides is 3. The highest BCUT2D eigenvalue weighted by molar-refractivity contribution is 7.92. The third-order valence-electron chi connectivity index (χ3n) is 3.37. The largest absolute Gasteiger partial charge is 0.404 e. The molecular weight excluding hydrogens is 305 g/mol. The van der Waals surface area contributed by atoms with Crippen molar-refractivity contribution in [1.82, 2.24) is 4.98 Å². The minimum Gasteiger partial charge on any atom is -0.281 e. The maximum atomic E-state index is 12.2. The van der Waals surface area contributed by atoms with Crippen molar-refractivity contribution in [2.45, 2.75) is 45.7 Å². The van der Waals surface area contributed by atoms with Gasteiger partial charge in [-0.1, -0.05) is 20.8 Å². The number of hydrogen-bond donors (Lipinski definition) is 1. The van der Waals surface area contributed by atoms with Gasteiger partial charge in [0.1, 0.15) is 0 Å². The van der Waals surface area contributed by atoms with Crippen molar-refractivity contribution in [2.75, 3.05) is 10.5 Å². The highest BCUT2D eigenvalue weighted by Crippen LogP contribution is 2.29. The molecule has 1 aromatic rings. The molecule has 0 amide bonds. The van der Waals surface area contributed by atoms with Crippen molar-refractivity contribution >= 4 is 15.7 Å². The number of hydrogen-bond acceptors (Lipinski definition) is 3. The van der Waals surface area contributed by atoms with Crippen LogP contribution in [0.3, 0.4) is 0 Å². The van der Waals surface area contributed by atoms with E-state index < -0.39 is 22.0 Å². The van der Waals surface area contributed by atoms with E-state index in [1.165, 1.54) is 6.92 Å². The van der Waals surface area contributed by atoms with Gasteiger partial charge in [0.25, 0.3) is 0 Å². The van der Waals surface area contributed by atoms with Gasteiger partial charge in [0.2, 0.25) is 10.0 Å². The zero-order valence-electron chi connectivity index (χ0n) is 12.4. The second kappa shape index (κ2) is 5.82. The molecule has 1 N–H and O–H groups in total. The predicted octanol–water partition coefficient (Wildman–Crippen LogP) is 3.38. The van der Waals surface area contributed by atoms with Gasteiger partial charge < -0.3 is 0 Å². The van der Waals surface area contributed by atoms with Gasteiger partial charge in [0.15, 0.2) is 5.75 Å². The standard InChI is InChI=1S/C13H19F3N2O2S/c1-5-12(3,4)10-6-11(9(2)17-7-10)18-21(19,20)8-13(14,15)16/h6-7,18H,5,8H2,1-4H3. The minimum atomic E-state index is -4.78. The summed E-state index contributed by atoms with van der Waals surface area (Å²) >= 11 is 0. The van der Waals surface area contributed by atoms with Crippen molar-refractivity contribution in [3.63, 3.8) is 0 Å². The Balaban J connectivity index is 3.12. The molecule has 1 aromatic heterocycles. The van der Waals surface area contributed by atoms with Crippen molar-refractivity contribution in [3.05, 3.63) is 23.5 Å². The molecule has 0 aromatic carbocycles. The summed E-state index contributed by atoms with van der Waals surface area (Å²) < 4.78 is 61.8. The fourth-order valence-electron chi connectivity index (χ4n) is 1.63. The number of nitrogens with zero attached hydrogens (tertiary/aromatic N) is 1. The van der Waals surface area contributed by atoms with Crippen LogP contribution in [0.25, 0.3) is 0 Å². The lowest BCUT2D eigenvalue weighted by Crippen LogP contribution is -2.28. The van der Waals surface area contributed by atoms with Gasteiger partial charge in [0, 0.05) is 6.20 Å². The second-order valence-electron chi connectivity index (χ2n) is 5.57. The molecule has 0 bridgehead atoms. The van der Waals surface area contributed by atoms with E-state index in [-0.39, 0.29) is 11.1 Å². The van der Waals surface area contributed by atoms with E-state index >= 15 is 0 Å². The first-order valence-electron chi connectivity index (χ1n) is 6.41. The van der Waals surface area contributed by atoms with Crippen LogP contribution in [0.15, 0.2) is 12.3 Å². The van der Waals surface area contributed by atoms with Crippen LogP contribution in [-0.4, -0.2) is 25.3 Å². The molecule has 120 valence electrons. The summed E-state index contributed by atoms with van der Waals surface area (Å²) in [6.07, 6.45) is -2.39. The van der Waals surface area contributed by atoms with E-state index in [0.717, 1.165) is 12.0 Å². The molecule has 0 aliphatic carbocycles. The quantitative estimate of drug-likeness (QED) is 0.903. The van der Waals surface area contributed by atoms with Crippen LogP contribution in [0.5, 0.6) is 0 Å². The fourth-order valence-corrected chi connectivity index (χ4v) is 2.67. The lowest BCUT2D eigenvalue weighted by Gasteiger charge is -2.24. The SMILES string of the molecule is CCC(C)(C)c1cnc(C)c(NS(=O)(=O)CC(F)(F)F)c1. The van der Waals surface area contributed by atoms with E-state index in [9.17, 15) is 21.6 Å². The maximum absolute atomic E-state index is 12.2. The highest BCUT2D eigenvalue weighted by atomic mass is 32.2. The van der Waals surface area contributed by atoms with Crippen LogP contribution < -0.4 is 4.72 Å². The summed E-state index contributed by atoms with van der Waals surface area (Å²) in [4.78, 5) is 4.07. The topological polar surface area (TPSA) is 59.1 Å². The molecule has 8 heteroatoms. The smallest absolute Gasteiger partial charge is 0.281 e. The Hall–Kier alpha value is -1.31. The first kappa shape index (κ1) is 17.7. The van der Waals surface area contributed by atoms with Gasteiger partial charge in [-0.3, -0.25) is 9.71 Å². The molecular formula is C13H19F3N2O2S. The number of anilines is 1. The zero-order chi connectivity index (χ0) is 16.5. The van der Waals surface area contributed by atoms with Crippen LogP contribution in [0, 0.1) is 6.92 Å². The van der Waals surface area contributed by atoms with Crippen LogP contribution in [0.4, 0.5) is 18.9 Å². The van der Waals surface area contributed by atoms with Crippen LogP contribution in [0.2, 0.25) is 0 Å². The Labute approximate surface area is 122 Å². The normalized spacial score (nSPS) is 13.3. The lowest BCUT2D eigenvalue weighted by molar-refractivity contribution is -0.106. The van der Waals surface area contributed by atoms with E-state index in [0.29, 0.717) is 5.69 Å². The summed E-state index contributed by atoms with van der Waals surface area (Å²) in [7, 11) is -4.50. The minimum absolute atomic E-state index is 0.0817.